The molecule has 31 heavy (non-hydrogen) atoms. The lowest BCUT2D eigenvalue weighted by Gasteiger charge is -2.25. The van der Waals surface area contributed by atoms with Crippen LogP contribution in [0.15, 0.2) is 36.7 Å². The van der Waals surface area contributed by atoms with Crippen LogP contribution in [0.25, 0.3) is 10.2 Å². The number of likely N-dealkylation sites (tertiary alicyclic amines) is 1. The number of thiophene rings is 1. The van der Waals surface area contributed by atoms with Gasteiger partial charge in [-0.05, 0) is 43.1 Å². The predicted octanol–water partition coefficient (Wildman–Crippen LogP) is 4.47. The van der Waals surface area contributed by atoms with Crippen molar-refractivity contribution in [2.45, 2.75) is 32.2 Å². The Balaban J connectivity index is 1.29. The number of benzene rings is 1. The molecule has 0 saturated carbocycles. The minimum atomic E-state index is -2.35. The van der Waals surface area contributed by atoms with E-state index in [9.17, 15) is 8.78 Å². The molecule has 5 rings (SSSR count). The quantitative estimate of drug-likeness (QED) is 0.587. The van der Waals surface area contributed by atoms with Gasteiger partial charge >= 0.3 is 0 Å². The maximum Gasteiger partial charge on any atom is 0.243 e. The van der Waals surface area contributed by atoms with Gasteiger partial charge in [-0.25, -0.2) is 18.7 Å². The van der Waals surface area contributed by atoms with Crippen molar-refractivity contribution in [2.24, 2.45) is 5.41 Å². The van der Waals surface area contributed by atoms with E-state index in [1.165, 1.54) is 16.9 Å². The molecule has 1 aromatic carbocycles. The highest BCUT2D eigenvalue weighted by Gasteiger charge is 2.44. The second kappa shape index (κ2) is 8.13. The van der Waals surface area contributed by atoms with Gasteiger partial charge in [-0.1, -0.05) is 12.1 Å². The molecule has 1 unspecified atom stereocenters. The van der Waals surface area contributed by atoms with Crippen LogP contribution in [0, 0.1) is 16.7 Å². The monoisotopic (exact) mass is 439 g/mol. The van der Waals surface area contributed by atoms with Crippen LogP contribution in [0.1, 0.15) is 28.8 Å². The summed E-state index contributed by atoms with van der Waals surface area (Å²) in [5.74, 6) is 0.879. The maximum atomic E-state index is 12.8. The summed E-state index contributed by atoms with van der Waals surface area (Å²) in [5.41, 5.74) is 2.16. The predicted molar refractivity (Wildman–Crippen MR) is 117 cm³/mol. The Hall–Kier alpha value is -2.63. The molecule has 2 fully saturated rings. The second-order valence-corrected chi connectivity index (χ2v) is 9.78. The number of rotatable bonds is 5. The lowest BCUT2D eigenvalue weighted by molar-refractivity contribution is 0.150. The van der Waals surface area contributed by atoms with Crippen LogP contribution >= 0.6 is 11.3 Å². The smallest absolute Gasteiger partial charge is 0.243 e. The summed E-state index contributed by atoms with van der Waals surface area (Å²) in [6.45, 7) is 4.86. The fourth-order valence-electron chi connectivity index (χ4n) is 4.95. The second-order valence-electron chi connectivity index (χ2n) is 8.66. The summed E-state index contributed by atoms with van der Waals surface area (Å²) >= 11 is 1.34. The van der Waals surface area contributed by atoms with Crippen molar-refractivity contribution < 1.29 is 8.78 Å². The highest BCUT2D eigenvalue weighted by molar-refractivity contribution is 7.18. The van der Waals surface area contributed by atoms with Crippen LogP contribution in [0.2, 0.25) is 0 Å². The Labute approximate surface area is 183 Å². The van der Waals surface area contributed by atoms with Crippen LogP contribution in [0.3, 0.4) is 0 Å². The zero-order valence-corrected chi connectivity index (χ0v) is 17.9. The summed E-state index contributed by atoms with van der Waals surface area (Å²) in [5, 5.41) is 9.87. The molecule has 8 heteroatoms. The van der Waals surface area contributed by atoms with Crippen molar-refractivity contribution in [3.63, 3.8) is 0 Å². The Bertz CT molecular complexity index is 1120. The van der Waals surface area contributed by atoms with Crippen LogP contribution < -0.4 is 4.90 Å². The zero-order chi connectivity index (χ0) is 21.4. The molecule has 2 aromatic heterocycles. The van der Waals surface area contributed by atoms with Gasteiger partial charge in [0.05, 0.1) is 17.0 Å². The van der Waals surface area contributed by atoms with Crippen molar-refractivity contribution in [2.75, 3.05) is 31.1 Å². The third kappa shape index (κ3) is 4.12. The third-order valence-corrected chi connectivity index (χ3v) is 7.52. The summed E-state index contributed by atoms with van der Waals surface area (Å²) < 4.78 is 25.6. The number of hydrogen-bond donors (Lipinski definition) is 0. The van der Waals surface area contributed by atoms with E-state index in [0.29, 0.717) is 10.4 Å². The lowest BCUT2D eigenvalue weighted by atomic mass is 9.86. The molecule has 2 aliphatic heterocycles. The van der Waals surface area contributed by atoms with Crippen molar-refractivity contribution in [1.29, 1.82) is 5.26 Å². The molecule has 0 amide bonds. The van der Waals surface area contributed by atoms with Gasteiger partial charge < -0.3 is 4.90 Å². The normalized spacial score (nSPS) is 21.5. The number of nitrogens with zero attached hydrogens (tertiary/aromatic N) is 5. The van der Waals surface area contributed by atoms with E-state index in [2.05, 4.69) is 25.8 Å². The van der Waals surface area contributed by atoms with Crippen LogP contribution in [-0.2, 0) is 13.0 Å². The lowest BCUT2D eigenvalue weighted by Crippen LogP contribution is -2.31. The summed E-state index contributed by atoms with van der Waals surface area (Å²) in [6.07, 6.45) is 1.23. The molecule has 2 aliphatic rings. The summed E-state index contributed by atoms with van der Waals surface area (Å²) in [7, 11) is 0. The minimum absolute atomic E-state index is 0.227. The van der Waals surface area contributed by atoms with Crippen LogP contribution in [0.4, 0.5) is 14.6 Å². The standard InChI is InChI=1S/C23H23F2N5S/c24-20(25)10-18-9-19-21(27-15-28-22(19)31-18)30-8-6-23(14-30)5-7-29(13-23)12-17-3-1-16(11-26)2-4-17/h1-4,9,15,20H,5-8,10,12-14H2. The van der Waals surface area contributed by atoms with E-state index >= 15 is 0 Å². The third-order valence-electron chi connectivity index (χ3n) is 6.46. The van der Waals surface area contributed by atoms with Gasteiger partial charge in [-0.2, -0.15) is 5.26 Å². The summed E-state index contributed by atoms with van der Waals surface area (Å²) in [4.78, 5) is 15.1. The zero-order valence-electron chi connectivity index (χ0n) is 17.1. The number of fused-ring (bicyclic) bond motifs is 1. The molecule has 1 atom stereocenters. The van der Waals surface area contributed by atoms with Crippen molar-refractivity contribution in [1.82, 2.24) is 14.9 Å². The number of anilines is 1. The number of alkyl halides is 2. The first-order valence-corrected chi connectivity index (χ1v) is 11.3. The van der Waals surface area contributed by atoms with E-state index < -0.39 is 6.43 Å². The molecule has 0 N–H and O–H groups in total. The van der Waals surface area contributed by atoms with Gasteiger partial charge in [0, 0.05) is 42.9 Å². The highest BCUT2D eigenvalue weighted by atomic mass is 32.1. The van der Waals surface area contributed by atoms with Crippen molar-refractivity contribution in [3.05, 3.63) is 52.7 Å². The van der Waals surface area contributed by atoms with Gasteiger partial charge in [0.2, 0.25) is 6.43 Å². The molecular formula is C23H23F2N5S. The molecule has 1 spiro atoms. The van der Waals surface area contributed by atoms with Crippen LogP contribution in [-0.4, -0.2) is 47.5 Å². The van der Waals surface area contributed by atoms with Gasteiger partial charge in [0.1, 0.15) is 17.0 Å². The largest absolute Gasteiger partial charge is 0.355 e. The Kier molecular flexibility index (Phi) is 5.32. The molecule has 2 saturated heterocycles. The van der Waals surface area contributed by atoms with E-state index in [4.69, 9.17) is 5.26 Å². The number of hydrogen-bond acceptors (Lipinski definition) is 6. The fourth-order valence-corrected chi connectivity index (χ4v) is 5.95. The SMILES string of the molecule is N#Cc1ccc(CN2CCC3(CCN(c4ncnc5sc(CC(F)F)cc45)C3)C2)cc1. The van der Waals surface area contributed by atoms with E-state index in [0.717, 1.165) is 61.6 Å². The molecule has 4 heterocycles. The average Bonchev–Trinajstić information content (AvgIpc) is 3.46. The fraction of sp³-hybridized carbons (Fsp3) is 0.435. The molecule has 160 valence electrons. The average molecular weight is 440 g/mol. The van der Waals surface area contributed by atoms with Gasteiger partial charge in [0.25, 0.3) is 0 Å². The Morgan fingerprint density at radius 1 is 1.13 bits per heavy atom. The topological polar surface area (TPSA) is 56.1 Å². The number of nitriles is 1. The van der Waals surface area contributed by atoms with Gasteiger partial charge in [-0.3, -0.25) is 4.90 Å². The van der Waals surface area contributed by atoms with E-state index in [1.807, 2.05) is 30.3 Å². The van der Waals surface area contributed by atoms with Gasteiger partial charge in [0.15, 0.2) is 0 Å². The van der Waals surface area contributed by atoms with Crippen LogP contribution in [0.5, 0.6) is 0 Å². The molecule has 0 aliphatic carbocycles. The van der Waals surface area contributed by atoms with Crippen molar-refractivity contribution in [3.8, 4) is 6.07 Å². The number of aromatic nitrogens is 2. The maximum absolute atomic E-state index is 12.8. The minimum Gasteiger partial charge on any atom is -0.355 e. The Morgan fingerprint density at radius 2 is 1.94 bits per heavy atom. The Morgan fingerprint density at radius 3 is 2.71 bits per heavy atom. The van der Waals surface area contributed by atoms with E-state index in [1.54, 1.807) is 6.33 Å². The molecule has 3 aromatic rings. The molecule has 0 bridgehead atoms. The van der Waals surface area contributed by atoms with E-state index in [-0.39, 0.29) is 11.8 Å². The summed E-state index contributed by atoms with van der Waals surface area (Å²) in [6, 6.07) is 11.8. The first kappa shape index (κ1) is 20.3. The highest BCUT2D eigenvalue weighted by Crippen LogP contribution is 2.43. The molecular weight excluding hydrogens is 416 g/mol. The number of halogens is 2. The molecule has 5 nitrogen and oxygen atoms in total. The van der Waals surface area contributed by atoms with Gasteiger partial charge in [-0.15, -0.1) is 11.3 Å². The first-order chi connectivity index (χ1) is 15.0. The van der Waals surface area contributed by atoms with Crippen molar-refractivity contribution >= 4 is 27.4 Å². The first-order valence-electron chi connectivity index (χ1n) is 10.5. The molecule has 0 radical (unpaired) electrons.